The van der Waals surface area contributed by atoms with Crippen molar-refractivity contribution >= 4 is 23.1 Å². The Morgan fingerprint density at radius 2 is 1.68 bits per heavy atom. The molecule has 0 bridgehead atoms. The number of carbonyl (C=O) groups is 1. The predicted octanol–water partition coefficient (Wildman–Crippen LogP) is 3.34. The number of anilines is 3. The summed E-state index contributed by atoms with van der Waals surface area (Å²) in [5.74, 6) is 0.338. The van der Waals surface area contributed by atoms with E-state index in [1.54, 1.807) is 24.5 Å². The summed E-state index contributed by atoms with van der Waals surface area (Å²) in [6, 6.07) is 15.2. The van der Waals surface area contributed by atoms with Crippen LogP contribution in [-0.2, 0) is 6.54 Å². The summed E-state index contributed by atoms with van der Waals surface area (Å²) in [5, 5.41) is 14.1. The predicted molar refractivity (Wildman–Crippen MR) is 109 cm³/mol. The van der Waals surface area contributed by atoms with Gasteiger partial charge in [-0.25, -0.2) is 0 Å². The number of hydrogen-bond acceptors (Lipinski definition) is 6. The van der Waals surface area contributed by atoms with E-state index in [2.05, 4.69) is 30.7 Å². The van der Waals surface area contributed by atoms with Crippen LogP contribution in [0.5, 0.6) is 0 Å². The van der Waals surface area contributed by atoms with Gasteiger partial charge in [-0.05, 0) is 66.9 Å². The molecular weight excluding hydrogens is 352 g/mol. The molecule has 1 fully saturated rings. The summed E-state index contributed by atoms with van der Waals surface area (Å²) >= 11 is 0. The van der Waals surface area contributed by atoms with Crippen LogP contribution in [0, 0.1) is 0 Å². The van der Waals surface area contributed by atoms with Gasteiger partial charge in [-0.3, -0.25) is 9.78 Å². The first-order valence-corrected chi connectivity index (χ1v) is 9.41. The minimum absolute atomic E-state index is 0.276. The molecule has 28 heavy (non-hydrogen) atoms. The standard InChI is InChI=1S/C21H22N6O/c28-21(24-17-3-5-18(6-4-17)27-13-1-2-14-27)19-7-8-20(26-25-19)23-15-16-9-11-22-12-10-16/h3-12H,1-2,13-15H2,(H,23,26)(H,24,28). The van der Waals surface area contributed by atoms with Crippen LogP contribution in [0.1, 0.15) is 28.9 Å². The van der Waals surface area contributed by atoms with E-state index in [0.29, 0.717) is 12.4 Å². The van der Waals surface area contributed by atoms with Crippen LogP contribution in [0.25, 0.3) is 0 Å². The van der Waals surface area contributed by atoms with Gasteiger partial charge in [0, 0.05) is 43.4 Å². The summed E-state index contributed by atoms with van der Waals surface area (Å²) in [6.07, 6.45) is 5.97. The van der Waals surface area contributed by atoms with Gasteiger partial charge in [0.15, 0.2) is 5.69 Å². The number of amides is 1. The first-order chi connectivity index (χ1) is 13.8. The Morgan fingerprint density at radius 3 is 2.36 bits per heavy atom. The highest BCUT2D eigenvalue weighted by molar-refractivity contribution is 6.02. The van der Waals surface area contributed by atoms with E-state index in [1.165, 1.54) is 18.5 Å². The molecule has 0 spiro atoms. The van der Waals surface area contributed by atoms with Crippen molar-refractivity contribution in [2.24, 2.45) is 0 Å². The summed E-state index contributed by atoms with van der Waals surface area (Å²) in [6.45, 7) is 2.82. The zero-order valence-corrected chi connectivity index (χ0v) is 15.5. The molecule has 1 saturated heterocycles. The molecule has 142 valence electrons. The molecule has 4 rings (SSSR count). The second-order valence-corrected chi connectivity index (χ2v) is 6.71. The molecular formula is C21H22N6O. The van der Waals surface area contributed by atoms with E-state index in [9.17, 15) is 4.79 Å². The van der Waals surface area contributed by atoms with Gasteiger partial charge in [-0.1, -0.05) is 0 Å². The highest BCUT2D eigenvalue weighted by atomic mass is 16.1. The minimum atomic E-state index is -0.276. The van der Waals surface area contributed by atoms with Gasteiger partial charge in [-0.15, -0.1) is 10.2 Å². The molecule has 1 aromatic carbocycles. The number of hydrogen-bond donors (Lipinski definition) is 2. The van der Waals surface area contributed by atoms with E-state index < -0.39 is 0 Å². The number of aromatic nitrogens is 3. The number of carbonyl (C=O) groups excluding carboxylic acids is 1. The Hall–Kier alpha value is -3.48. The first kappa shape index (κ1) is 17.9. The maximum absolute atomic E-state index is 12.4. The fraction of sp³-hybridized carbons (Fsp3) is 0.238. The molecule has 1 aliphatic rings. The number of nitrogens with one attached hydrogen (secondary N) is 2. The normalized spacial score (nSPS) is 13.4. The van der Waals surface area contributed by atoms with Crippen molar-refractivity contribution in [3.8, 4) is 0 Å². The van der Waals surface area contributed by atoms with Crippen molar-refractivity contribution in [1.29, 1.82) is 0 Å². The number of benzene rings is 1. The third kappa shape index (κ3) is 4.43. The van der Waals surface area contributed by atoms with Gasteiger partial charge in [0.2, 0.25) is 0 Å². The van der Waals surface area contributed by atoms with Gasteiger partial charge >= 0.3 is 0 Å². The molecule has 0 atom stereocenters. The van der Waals surface area contributed by atoms with E-state index in [0.717, 1.165) is 24.3 Å². The van der Waals surface area contributed by atoms with Crippen molar-refractivity contribution in [3.05, 3.63) is 72.2 Å². The fourth-order valence-corrected chi connectivity index (χ4v) is 3.17. The molecule has 7 nitrogen and oxygen atoms in total. The first-order valence-electron chi connectivity index (χ1n) is 9.41. The van der Waals surface area contributed by atoms with Crippen LogP contribution < -0.4 is 15.5 Å². The topological polar surface area (TPSA) is 83.0 Å². The van der Waals surface area contributed by atoms with Crippen molar-refractivity contribution in [3.63, 3.8) is 0 Å². The Kier molecular flexibility index (Phi) is 5.42. The number of pyridine rings is 1. The van der Waals surface area contributed by atoms with Crippen LogP contribution in [0.15, 0.2) is 60.9 Å². The van der Waals surface area contributed by atoms with E-state index in [-0.39, 0.29) is 11.6 Å². The molecule has 1 aliphatic heterocycles. The lowest BCUT2D eigenvalue weighted by Crippen LogP contribution is -2.18. The quantitative estimate of drug-likeness (QED) is 0.689. The zero-order chi connectivity index (χ0) is 19.2. The van der Waals surface area contributed by atoms with Gasteiger partial charge in [0.05, 0.1) is 0 Å². The third-order valence-corrected chi connectivity index (χ3v) is 4.72. The Balaban J connectivity index is 1.33. The Labute approximate surface area is 163 Å². The molecule has 7 heteroatoms. The molecule has 2 N–H and O–H groups in total. The summed E-state index contributed by atoms with van der Waals surface area (Å²) in [7, 11) is 0. The van der Waals surface area contributed by atoms with Crippen molar-refractivity contribution in [1.82, 2.24) is 15.2 Å². The minimum Gasteiger partial charge on any atom is -0.372 e. The molecule has 1 amide bonds. The van der Waals surface area contributed by atoms with Gasteiger partial charge in [-0.2, -0.15) is 0 Å². The Morgan fingerprint density at radius 1 is 0.929 bits per heavy atom. The largest absolute Gasteiger partial charge is 0.372 e. The summed E-state index contributed by atoms with van der Waals surface area (Å²) in [4.78, 5) is 18.7. The number of nitrogens with zero attached hydrogens (tertiary/aromatic N) is 4. The van der Waals surface area contributed by atoms with Crippen molar-refractivity contribution in [2.75, 3.05) is 28.6 Å². The number of rotatable bonds is 6. The lowest BCUT2D eigenvalue weighted by molar-refractivity contribution is 0.102. The summed E-state index contributed by atoms with van der Waals surface area (Å²) in [5.41, 5.74) is 3.31. The SMILES string of the molecule is O=C(Nc1ccc(N2CCCC2)cc1)c1ccc(NCc2ccncc2)nn1. The van der Waals surface area contributed by atoms with Crippen LogP contribution in [0.2, 0.25) is 0 Å². The van der Waals surface area contributed by atoms with E-state index in [4.69, 9.17) is 0 Å². The Bertz CT molecular complexity index is 906. The summed E-state index contributed by atoms with van der Waals surface area (Å²) < 4.78 is 0. The van der Waals surface area contributed by atoms with Gasteiger partial charge in [0.1, 0.15) is 5.82 Å². The van der Waals surface area contributed by atoms with Gasteiger partial charge < -0.3 is 15.5 Å². The molecule has 0 unspecified atom stereocenters. The maximum Gasteiger partial charge on any atom is 0.276 e. The second kappa shape index (κ2) is 8.47. The molecule has 3 heterocycles. The van der Waals surface area contributed by atoms with Crippen LogP contribution in [0.3, 0.4) is 0 Å². The average molecular weight is 374 g/mol. The van der Waals surface area contributed by atoms with E-state index >= 15 is 0 Å². The second-order valence-electron chi connectivity index (χ2n) is 6.71. The smallest absolute Gasteiger partial charge is 0.276 e. The van der Waals surface area contributed by atoms with E-state index in [1.807, 2.05) is 36.4 Å². The molecule has 0 radical (unpaired) electrons. The zero-order valence-electron chi connectivity index (χ0n) is 15.5. The molecule has 0 aliphatic carbocycles. The fourth-order valence-electron chi connectivity index (χ4n) is 3.17. The molecule has 2 aromatic heterocycles. The van der Waals surface area contributed by atoms with Crippen molar-refractivity contribution in [2.45, 2.75) is 19.4 Å². The van der Waals surface area contributed by atoms with Crippen molar-refractivity contribution < 1.29 is 4.79 Å². The van der Waals surface area contributed by atoms with Crippen LogP contribution in [-0.4, -0.2) is 34.2 Å². The maximum atomic E-state index is 12.4. The lowest BCUT2D eigenvalue weighted by Gasteiger charge is -2.17. The van der Waals surface area contributed by atoms with Crippen LogP contribution in [0.4, 0.5) is 17.2 Å². The van der Waals surface area contributed by atoms with Crippen LogP contribution >= 0.6 is 0 Å². The third-order valence-electron chi connectivity index (χ3n) is 4.72. The molecule has 3 aromatic rings. The van der Waals surface area contributed by atoms with Gasteiger partial charge in [0.25, 0.3) is 5.91 Å². The monoisotopic (exact) mass is 374 g/mol. The highest BCUT2D eigenvalue weighted by Crippen LogP contribution is 2.22. The highest BCUT2D eigenvalue weighted by Gasteiger charge is 2.13. The lowest BCUT2D eigenvalue weighted by atomic mass is 10.2. The average Bonchev–Trinajstić information content (AvgIpc) is 3.29. The molecule has 0 saturated carbocycles.